The molecule has 0 bridgehead atoms. The molecule has 0 aromatic carbocycles. The Hall–Kier alpha value is -2.37. The summed E-state index contributed by atoms with van der Waals surface area (Å²) in [5.41, 5.74) is 0. The fraction of sp³-hybridized carbons (Fsp3) is 0.873. The number of hydrogen-bond donors (Lipinski definition) is 0. The van der Waals surface area contributed by atoms with Gasteiger partial charge in [0.2, 0.25) is 0 Å². The first-order chi connectivity index (χ1) is 38.0. The van der Waals surface area contributed by atoms with Crippen molar-refractivity contribution >= 4 is 17.9 Å². The summed E-state index contributed by atoms with van der Waals surface area (Å²) >= 11 is 0. The van der Waals surface area contributed by atoms with Crippen molar-refractivity contribution in [3.63, 3.8) is 0 Å². The van der Waals surface area contributed by atoms with E-state index < -0.39 is 6.10 Å². The van der Waals surface area contributed by atoms with Crippen molar-refractivity contribution in [1.82, 2.24) is 0 Å². The van der Waals surface area contributed by atoms with Crippen LogP contribution in [0.4, 0.5) is 0 Å². The topological polar surface area (TPSA) is 78.9 Å². The molecule has 0 saturated carbocycles. The molecule has 0 saturated heterocycles. The third kappa shape index (κ3) is 64.3. The van der Waals surface area contributed by atoms with Gasteiger partial charge in [0.25, 0.3) is 0 Å². The van der Waals surface area contributed by atoms with E-state index in [-0.39, 0.29) is 31.1 Å². The number of hydrogen-bond acceptors (Lipinski definition) is 6. The number of unbranched alkanes of at least 4 members (excludes halogenated alkanes) is 47. The molecule has 77 heavy (non-hydrogen) atoms. The highest BCUT2D eigenvalue weighted by atomic mass is 16.6. The molecule has 6 heteroatoms. The third-order valence-corrected chi connectivity index (χ3v) is 15.6. The maximum Gasteiger partial charge on any atom is 0.306 e. The Labute approximate surface area is 480 Å². The largest absolute Gasteiger partial charge is 0.462 e. The lowest BCUT2D eigenvalue weighted by Crippen LogP contribution is -2.30. The normalized spacial score (nSPS) is 12.2. The fourth-order valence-electron chi connectivity index (χ4n) is 10.4. The number of ether oxygens (including phenoxy) is 3. The summed E-state index contributed by atoms with van der Waals surface area (Å²) in [7, 11) is 0. The van der Waals surface area contributed by atoms with Crippen LogP contribution in [0.25, 0.3) is 0 Å². The molecule has 0 fully saturated rings. The zero-order valence-corrected chi connectivity index (χ0v) is 52.0. The summed E-state index contributed by atoms with van der Waals surface area (Å²) in [4.78, 5) is 38.3. The summed E-state index contributed by atoms with van der Waals surface area (Å²) in [6.45, 7) is 6.68. The lowest BCUT2D eigenvalue weighted by Gasteiger charge is -2.18. The van der Waals surface area contributed by atoms with Crippen LogP contribution in [0.3, 0.4) is 0 Å². The number of carbonyl (C=O) groups excluding carboxylic acids is 3. The third-order valence-electron chi connectivity index (χ3n) is 15.6. The van der Waals surface area contributed by atoms with E-state index in [0.29, 0.717) is 19.3 Å². The Morgan fingerprint density at radius 2 is 0.468 bits per heavy atom. The molecule has 0 heterocycles. The molecule has 0 aliphatic rings. The number of esters is 3. The van der Waals surface area contributed by atoms with E-state index >= 15 is 0 Å². The van der Waals surface area contributed by atoms with Gasteiger partial charge in [-0.3, -0.25) is 14.4 Å². The number of carbonyl (C=O) groups is 3. The monoisotopic (exact) mass is 1080 g/mol. The summed E-state index contributed by atoms with van der Waals surface area (Å²) in [5.74, 6) is -0.846. The van der Waals surface area contributed by atoms with Gasteiger partial charge < -0.3 is 14.2 Å². The minimum atomic E-state index is -0.771. The highest BCUT2D eigenvalue weighted by Gasteiger charge is 2.19. The van der Waals surface area contributed by atoms with Crippen molar-refractivity contribution < 1.29 is 28.6 Å². The molecule has 0 radical (unpaired) electrons. The van der Waals surface area contributed by atoms with Gasteiger partial charge >= 0.3 is 17.9 Å². The van der Waals surface area contributed by atoms with E-state index in [2.05, 4.69) is 57.2 Å². The zero-order chi connectivity index (χ0) is 55.7. The van der Waals surface area contributed by atoms with Crippen molar-refractivity contribution in [2.45, 2.75) is 386 Å². The molecule has 6 nitrogen and oxygen atoms in total. The van der Waals surface area contributed by atoms with Gasteiger partial charge in [0, 0.05) is 19.3 Å². The maximum absolute atomic E-state index is 12.9. The molecule has 0 N–H and O–H groups in total. The van der Waals surface area contributed by atoms with Crippen molar-refractivity contribution in [1.29, 1.82) is 0 Å². The van der Waals surface area contributed by atoms with Crippen LogP contribution in [-0.4, -0.2) is 37.2 Å². The van der Waals surface area contributed by atoms with Gasteiger partial charge in [-0.15, -0.1) is 0 Å². The summed E-state index contributed by atoms with van der Waals surface area (Å²) in [6.07, 6.45) is 81.7. The molecule has 0 aliphatic heterocycles. The fourth-order valence-corrected chi connectivity index (χ4v) is 10.4. The standard InChI is InChI=1S/C71H132O6/c1-4-7-10-13-16-19-22-25-27-29-31-32-33-34-35-36-37-38-39-40-41-43-44-46-49-52-55-58-61-64-70(73)76-67-68(66-75-69(72)63-60-57-54-51-48-24-21-18-15-12-9-6-3)77-71(74)65-62-59-56-53-50-47-45-42-30-28-26-23-20-17-14-11-8-5-2/h22,25,28-31,68H,4-21,23-24,26-27,32-67H2,1-3H3/b25-22-,30-28-,31-29-. The SMILES string of the molecule is CCCCCCC/C=C\C/C=C\CCCCCCCCCCCCCCCCCCCC(=O)OCC(COC(=O)CCCCCCCCCCCCCC)OC(=O)CCCCCCCCC/C=C\CCCCCCCCC. The maximum atomic E-state index is 12.9. The van der Waals surface area contributed by atoms with Crippen molar-refractivity contribution in [3.05, 3.63) is 36.5 Å². The lowest BCUT2D eigenvalue weighted by molar-refractivity contribution is -0.167. The predicted octanol–water partition coefficient (Wildman–Crippen LogP) is 23.6. The van der Waals surface area contributed by atoms with E-state index in [4.69, 9.17) is 14.2 Å². The van der Waals surface area contributed by atoms with Crippen LogP contribution in [0.2, 0.25) is 0 Å². The second kappa shape index (κ2) is 66.1. The van der Waals surface area contributed by atoms with E-state index in [9.17, 15) is 14.4 Å². The molecular weight excluding hydrogens is 949 g/mol. The highest BCUT2D eigenvalue weighted by Crippen LogP contribution is 2.18. The van der Waals surface area contributed by atoms with Crippen molar-refractivity contribution in [3.8, 4) is 0 Å². The van der Waals surface area contributed by atoms with Gasteiger partial charge in [0.15, 0.2) is 6.10 Å². The van der Waals surface area contributed by atoms with Gasteiger partial charge in [-0.2, -0.15) is 0 Å². The Balaban J connectivity index is 4.17. The van der Waals surface area contributed by atoms with E-state index in [1.807, 2.05) is 0 Å². The van der Waals surface area contributed by atoms with Gasteiger partial charge in [-0.05, 0) is 77.0 Å². The Kier molecular flexibility index (Phi) is 64.1. The molecule has 0 amide bonds. The van der Waals surface area contributed by atoms with E-state index in [1.54, 1.807) is 0 Å². The summed E-state index contributed by atoms with van der Waals surface area (Å²) < 4.78 is 17.0. The first-order valence-corrected chi connectivity index (χ1v) is 34.5. The Morgan fingerprint density at radius 3 is 0.727 bits per heavy atom. The van der Waals surface area contributed by atoms with E-state index in [0.717, 1.165) is 64.2 Å². The second-order valence-electron chi connectivity index (χ2n) is 23.4. The predicted molar refractivity (Wildman–Crippen MR) is 335 cm³/mol. The molecular formula is C71H132O6. The number of allylic oxidation sites excluding steroid dienone is 6. The molecule has 452 valence electrons. The molecule has 0 rings (SSSR count). The van der Waals surface area contributed by atoms with Gasteiger partial charge in [-0.25, -0.2) is 0 Å². The average molecular weight is 1080 g/mol. The van der Waals surface area contributed by atoms with Crippen LogP contribution in [0.1, 0.15) is 380 Å². The van der Waals surface area contributed by atoms with Crippen molar-refractivity contribution in [2.75, 3.05) is 13.2 Å². The van der Waals surface area contributed by atoms with Crippen molar-refractivity contribution in [2.24, 2.45) is 0 Å². The quantitative estimate of drug-likeness (QED) is 0.0261. The zero-order valence-electron chi connectivity index (χ0n) is 52.0. The van der Waals surface area contributed by atoms with Gasteiger partial charge in [0.05, 0.1) is 0 Å². The van der Waals surface area contributed by atoms with Crippen LogP contribution in [-0.2, 0) is 28.6 Å². The minimum Gasteiger partial charge on any atom is -0.462 e. The Morgan fingerprint density at radius 1 is 0.260 bits per heavy atom. The minimum absolute atomic E-state index is 0.0682. The van der Waals surface area contributed by atoms with Gasteiger partial charge in [0.1, 0.15) is 13.2 Å². The Bertz CT molecular complexity index is 1290. The molecule has 1 atom stereocenters. The first kappa shape index (κ1) is 74.6. The first-order valence-electron chi connectivity index (χ1n) is 34.5. The smallest absolute Gasteiger partial charge is 0.306 e. The lowest BCUT2D eigenvalue weighted by atomic mass is 10.0. The summed E-state index contributed by atoms with van der Waals surface area (Å²) in [6, 6.07) is 0. The van der Waals surface area contributed by atoms with Gasteiger partial charge in [-0.1, -0.05) is 320 Å². The molecule has 0 spiro atoms. The molecule has 0 aromatic heterocycles. The van der Waals surface area contributed by atoms with Crippen LogP contribution in [0, 0.1) is 0 Å². The van der Waals surface area contributed by atoms with Crippen LogP contribution < -0.4 is 0 Å². The highest BCUT2D eigenvalue weighted by molar-refractivity contribution is 5.71. The molecule has 0 aromatic rings. The second-order valence-corrected chi connectivity index (χ2v) is 23.4. The van der Waals surface area contributed by atoms with E-state index in [1.165, 1.54) is 276 Å². The summed E-state index contributed by atoms with van der Waals surface area (Å²) in [5, 5.41) is 0. The number of rotatable bonds is 64. The van der Waals surface area contributed by atoms with Crippen LogP contribution in [0.15, 0.2) is 36.5 Å². The van der Waals surface area contributed by atoms with Crippen LogP contribution in [0.5, 0.6) is 0 Å². The molecule has 1 unspecified atom stereocenters. The molecule has 0 aliphatic carbocycles. The average Bonchev–Trinajstić information content (AvgIpc) is 3.43. The van der Waals surface area contributed by atoms with Crippen LogP contribution >= 0.6 is 0 Å².